The fourth-order valence-corrected chi connectivity index (χ4v) is 2.66. The first-order valence-corrected chi connectivity index (χ1v) is 6.95. The van der Waals surface area contributed by atoms with Crippen LogP contribution in [0.5, 0.6) is 0 Å². The molecule has 0 unspecified atom stereocenters. The van der Waals surface area contributed by atoms with Crippen molar-refractivity contribution in [2.45, 2.75) is 38.6 Å². The summed E-state index contributed by atoms with van der Waals surface area (Å²) in [6.45, 7) is 0.886. The van der Waals surface area contributed by atoms with Crippen LogP contribution < -0.4 is 0 Å². The van der Waals surface area contributed by atoms with Gasteiger partial charge >= 0.3 is 0 Å². The number of ketones is 1. The van der Waals surface area contributed by atoms with Crippen LogP contribution in [0.1, 0.15) is 40.9 Å². The van der Waals surface area contributed by atoms with Crippen molar-refractivity contribution in [3.63, 3.8) is 0 Å². The molecule has 0 atom stereocenters. The lowest BCUT2D eigenvalue weighted by atomic mass is 10.1. The van der Waals surface area contributed by atoms with E-state index in [1.165, 1.54) is 5.56 Å². The Morgan fingerprint density at radius 1 is 1.16 bits per heavy atom. The lowest BCUT2D eigenvalue weighted by Gasteiger charge is -2.02. The summed E-state index contributed by atoms with van der Waals surface area (Å²) in [6, 6.07) is 5.98. The van der Waals surface area contributed by atoms with Crippen LogP contribution in [0.15, 0.2) is 36.8 Å². The summed E-state index contributed by atoms with van der Waals surface area (Å²) in [4.78, 5) is 16.3. The van der Waals surface area contributed by atoms with E-state index in [0.29, 0.717) is 12.2 Å². The number of pyridine rings is 1. The van der Waals surface area contributed by atoms with E-state index in [9.17, 15) is 4.79 Å². The molecule has 0 fully saturated rings. The third kappa shape index (κ3) is 2.75. The van der Waals surface area contributed by atoms with E-state index in [2.05, 4.69) is 15.7 Å². The maximum absolute atomic E-state index is 12.0. The summed E-state index contributed by atoms with van der Waals surface area (Å²) in [5.41, 5.74) is 3.26. The first-order chi connectivity index (χ1) is 9.33. The van der Waals surface area contributed by atoms with Crippen LogP contribution in [0, 0.1) is 0 Å². The molecule has 19 heavy (non-hydrogen) atoms. The second kappa shape index (κ2) is 5.39. The zero-order valence-electron chi connectivity index (χ0n) is 11.0. The maximum atomic E-state index is 12.0. The van der Waals surface area contributed by atoms with Crippen LogP contribution in [0.4, 0.5) is 0 Å². The maximum Gasteiger partial charge on any atom is 0.164 e. The molecule has 98 valence electrons. The highest BCUT2D eigenvalue weighted by molar-refractivity contribution is 5.97. The standard InChI is InChI=1S/C16H18N2O/c19-16-7-2-1-5-13-11-18(12-15(13)16)10-8-14-6-3-4-9-17-14/h3-4,6,9,11-12H,1-2,5,7-8,10H2. The molecule has 3 rings (SSSR count). The van der Waals surface area contributed by atoms with E-state index in [0.717, 1.165) is 43.5 Å². The fourth-order valence-electron chi connectivity index (χ4n) is 2.66. The highest BCUT2D eigenvalue weighted by atomic mass is 16.1. The monoisotopic (exact) mass is 254 g/mol. The molecule has 2 heterocycles. The molecule has 0 saturated heterocycles. The quantitative estimate of drug-likeness (QED) is 0.789. The van der Waals surface area contributed by atoms with Crippen LogP contribution in [-0.2, 0) is 19.4 Å². The van der Waals surface area contributed by atoms with Crippen LogP contribution in [0.3, 0.4) is 0 Å². The van der Waals surface area contributed by atoms with Crippen molar-refractivity contribution in [1.29, 1.82) is 0 Å². The highest BCUT2D eigenvalue weighted by Crippen LogP contribution is 2.21. The number of fused-ring (bicyclic) bond motifs is 1. The van der Waals surface area contributed by atoms with Gasteiger partial charge < -0.3 is 4.57 Å². The van der Waals surface area contributed by atoms with Gasteiger partial charge in [0.15, 0.2) is 5.78 Å². The number of Topliss-reactive ketones (excluding diaryl/α,β-unsaturated/α-hetero) is 1. The zero-order valence-corrected chi connectivity index (χ0v) is 11.0. The van der Waals surface area contributed by atoms with Crippen molar-refractivity contribution in [3.05, 3.63) is 53.6 Å². The minimum absolute atomic E-state index is 0.309. The van der Waals surface area contributed by atoms with Crippen LogP contribution in [0.2, 0.25) is 0 Å². The zero-order chi connectivity index (χ0) is 13.1. The Morgan fingerprint density at radius 3 is 2.89 bits per heavy atom. The van der Waals surface area contributed by atoms with Crippen LogP contribution in [-0.4, -0.2) is 15.3 Å². The Labute approximate surface area is 113 Å². The van der Waals surface area contributed by atoms with Gasteiger partial charge in [0.1, 0.15) is 0 Å². The lowest BCUT2D eigenvalue weighted by Crippen LogP contribution is -2.01. The molecule has 0 aliphatic heterocycles. The number of nitrogens with zero attached hydrogens (tertiary/aromatic N) is 2. The molecule has 0 aromatic carbocycles. The van der Waals surface area contributed by atoms with Crippen LogP contribution in [0.25, 0.3) is 0 Å². The first kappa shape index (κ1) is 12.2. The molecule has 0 N–H and O–H groups in total. The molecule has 2 aromatic heterocycles. The Kier molecular flexibility index (Phi) is 3.45. The van der Waals surface area contributed by atoms with Crippen molar-refractivity contribution in [2.75, 3.05) is 0 Å². The normalized spacial score (nSPS) is 15.1. The minimum Gasteiger partial charge on any atom is -0.353 e. The van der Waals surface area contributed by atoms with Gasteiger partial charge in [-0.05, 0) is 37.0 Å². The number of aromatic nitrogens is 2. The number of hydrogen-bond donors (Lipinski definition) is 0. The van der Waals surface area contributed by atoms with E-state index in [-0.39, 0.29) is 0 Å². The van der Waals surface area contributed by atoms with Gasteiger partial charge in [0.05, 0.1) is 0 Å². The molecule has 3 nitrogen and oxygen atoms in total. The predicted octanol–water partition coefficient (Wildman–Crippen LogP) is 3.03. The van der Waals surface area contributed by atoms with Gasteiger partial charge in [-0.25, -0.2) is 0 Å². The van der Waals surface area contributed by atoms with E-state index in [1.54, 1.807) is 0 Å². The molecule has 2 aromatic rings. The molecular weight excluding hydrogens is 236 g/mol. The highest BCUT2D eigenvalue weighted by Gasteiger charge is 2.17. The molecule has 0 radical (unpaired) electrons. The molecule has 0 bridgehead atoms. The van der Waals surface area contributed by atoms with Crippen molar-refractivity contribution < 1.29 is 4.79 Å². The molecule has 3 heteroatoms. The number of aryl methyl sites for hydroxylation is 3. The van der Waals surface area contributed by atoms with Gasteiger partial charge in [0, 0.05) is 49.2 Å². The van der Waals surface area contributed by atoms with E-state index in [1.807, 2.05) is 30.6 Å². The molecule has 0 spiro atoms. The van der Waals surface area contributed by atoms with Gasteiger partial charge in [-0.3, -0.25) is 9.78 Å². The van der Waals surface area contributed by atoms with Gasteiger partial charge in [-0.1, -0.05) is 6.07 Å². The summed E-state index contributed by atoms with van der Waals surface area (Å²) in [7, 11) is 0. The SMILES string of the molecule is O=C1CCCCc2cn(CCc3ccccn3)cc21. The first-order valence-electron chi connectivity index (χ1n) is 6.95. The van der Waals surface area contributed by atoms with Crippen molar-refractivity contribution in [2.24, 2.45) is 0 Å². The number of carbonyl (C=O) groups excluding carboxylic acids is 1. The van der Waals surface area contributed by atoms with E-state index < -0.39 is 0 Å². The van der Waals surface area contributed by atoms with Gasteiger partial charge in [-0.2, -0.15) is 0 Å². The lowest BCUT2D eigenvalue weighted by molar-refractivity contribution is 0.0982. The van der Waals surface area contributed by atoms with E-state index >= 15 is 0 Å². The molecular formula is C16H18N2O. The number of carbonyl (C=O) groups is 1. The van der Waals surface area contributed by atoms with Crippen molar-refractivity contribution in [1.82, 2.24) is 9.55 Å². The summed E-state index contributed by atoms with van der Waals surface area (Å²) >= 11 is 0. The largest absolute Gasteiger partial charge is 0.353 e. The third-order valence-corrected chi connectivity index (χ3v) is 3.72. The average Bonchev–Trinajstić information content (AvgIpc) is 2.78. The molecule has 0 amide bonds. The molecule has 1 aliphatic carbocycles. The fraction of sp³-hybridized carbons (Fsp3) is 0.375. The minimum atomic E-state index is 0.309. The Hall–Kier alpha value is -1.90. The number of hydrogen-bond acceptors (Lipinski definition) is 2. The summed E-state index contributed by atoms with van der Waals surface area (Å²) in [5, 5.41) is 0. The second-order valence-electron chi connectivity index (χ2n) is 5.14. The average molecular weight is 254 g/mol. The van der Waals surface area contributed by atoms with Crippen molar-refractivity contribution in [3.8, 4) is 0 Å². The Morgan fingerprint density at radius 2 is 2.05 bits per heavy atom. The smallest absolute Gasteiger partial charge is 0.164 e. The Bertz CT molecular complexity index is 572. The summed E-state index contributed by atoms with van der Waals surface area (Å²) in [6.07, 6.45) is 10.8. The molecule has 1 aliphatic rings. The van der Waals surface area contributed by atoms with Gasteiger partial charge in [0.2, 0.25) is 0 Å². The van der Waals surface area contributed by atoms with Gasteiger partial charge in [0.25, 0.3) is 0 Å². The third-order valence-electron chi connectivity index (χ3n) is 3.72. The van der Waals surface area contributed by atoms with Crippen molar-refractivity contribution >= 4 is 5.78 Å². The van der Waals surface area contributed by atoms with Crippen LogP contribution >= 0.6 is 0 Å². The summed E-state index contributed by atoms with van der Waals surface area (Å²) < 4.78 is 2.14. The Balaban J connectivity index is 1.73. The predicted molar refractivity (Wildman–Crippen MR) is 74.3 cm³/mol. The number of rotatable bonds is 3. The molecule has 0 saturated carbocycles. The van der Waals surface area contributed by atoms with E-state index in [4.69, 9.17) is 0 Å². The van der Waals surface area contributed by atoms with Gasteiger partial charge in [-0.15, -0.1) is 0 Å². The topological polar surface area (TPSA) is 34.9 Å². The summed E-state index contributed by atoms with van der Waals surface area (Å²) in [5.74, 6) is 0.309. The second-order valence-corrected chi connectivity index (χ2v) is 5.14.